The first-order valence-corrected chi connectivity index (χ1v) is 9.43. The molecule has 148 valence electrons. The highest BCUT2D eigenvalue weighted by Gasteiger charge is 2.55. The minimum Gasteiger partial charge on any atom is -0.454 e. The fraction of sp³-hybridized carbons (Fsp3) is 0.722. The number of rotatable bonds is 6. The van der Waals surface area contributed by atoms with Gasteiger partial charge in [-0.3, -0.25) is 14.5 Å². The Bertz CT molecular complexity index is 731. The molecule has 9 heteroatoms. The number of nitrogens with one attached hydrogen (secondary N) is 1. The Hall–Kier alpha value is -2.45. The number of urea groups is 1. The van der Waals surface area contributed by atoms with Crippen LogP contribution >= 0.6 is 0 Å². The fourth-order valence-corrected chi connectivity index (χ4v) is 3.75. The summed E-state index contributed by atoms with van der Waals surface area (Å²) in [6.07, 6.45) is 4.06. The van der Waals surface area contributed by atoms with Crippen LogP contribution in [0.5, 0.6) is 0 Å². The van der Waals surface area contributed by atoms with Crippen molar-refractivity contribution in [3.8, 4) is 0 Å². The molecule has 1 aliphatic carbocycles. The smallest absolute Gasteiger partial charge is 0.326 e. The molecular formula is C18H26N4O5. The van der Waals surface area contributed by atoms with E-state index in [1.807, 2.05) is 20.8 Å². The third-order valence-electron chi connectivity index (χ3n) is 5.25. The number of ether oxygens (including phenoxy) is 1. The summed E-state index contributed by atoms with van der Waals surface area (Å²) in [6.45, 7) is 5.42. The van der Waals surface area contributed by atoms with Crippen molar-refractivity contribution in [3.05, 3.63) is 11.7 Å². The fourth-order valence-electron chi connectivity index (χ4n) is 3.75. The number of amides is 3. The van der Waals surface area contributed by atoms with Crippen molar-refractivity contribution >= 4 is 17.9 Å². The summed E-state index contributed by atoms with van der Waals surface area (Å²) in [6, 6.07) is -0.539. The predicted molar refractivity (Wildman–Crippen MR) is 93.2 cm³/mol. The van der Waals surface area contributed by atoms with E-state index < -0.39 is 24.1 Å². The topological polar surface area (TPSA) is 115 Å². The SMILES string of the molecule is CC(C)Cc1noc(COC(=O)CN2C(=O)NC3(CCCCC3C)C2=O)n1. The molecule has 3 amide bonds. The molecule has 1 N–H and O–H groups in total. The van der Waals surface area contributed by atoms with Gasteiger partial charge in [-0.1, -0.05) is 38.8 Å². The predicted octanol–water partition coefficient (Wildman–Crippen LogP) is 1.81. The summed E-state index contributed by atoms with van der Waals surface area (Å²) < 4.78 is 10.1. The summed E-state index contributed by atoms with van der Waals surface area (Å²) in [5.41, 5.74) is -0.881. The van der Waals surface area contributed by atoms with E-state index in [4.69, 9.17) is 9.26 Å². The van der Waals surface area contributed by atoms with Gasteiger partial charge in [-0.15, -0.1) is 0 Å². The Morgan fingerprint density at radius 1 is 1.41 bits per heavy atom. The van der Waals surface area contributed by atoms with Crippen molar-refractivity contribution in [3.63, 3.8) is 0 Å². The molecule has 3 rings (SSSR count). The van der Waals surface area contributed by atoms with Crippen molar-refractivity contribution in [1.29, 1.82) is 0 Å². The summed E-state index contributed by atoms with van der Waals surface area (Å²) >= 11 is 0. The number of aromatic nitrogens is 2. The van der Waals surface area contributed by atoms with Gasteiger partial charge in [0, 0.05) is 6.42 Å². The molecule has 1 saturated heterocycles. The van der Waals surface area contributed by atoms with E-state index in [1.165, 1.54) is 0 Å². The van der Waals surface area contributed by atoms with E-state index in [0.717, 1.165) is 24.2 Å². The van der Waals surface area contributed by atoms with Crippen LogP contribution < -0.4 is 5.32 Å². The maximum absolute atomic E-state index is 12.8. The van der Waals surface area contributed by atoms with Gasteiger partial charge in [-0.05, 0) is 24.7 Å². The van der Waals surface area contributed by atoms with E-state index in [1.54, 1.807) is 0 Å². The number of nitrogens with zero attached hydrogens (tertiary/aromatic N) is 3. The van der Waals surface area contributed by atoms with Gasteiger partial charge in [0.05, 0.1) is 0 Å². The van der Waals surface area contributed by atoms with Gasteiger partial charge in [0.15, 0.2) is 12.4 Å². The molecule has 1 aromatic heterocycles. The van der Waals surface area contributed by atoms with Crippen LogP contribution in [-0.4, -0.2) is 45.0 Å². The van der Waals surface area contributed by atoms with Crippen LogP contribution in [0, 0.1) is 11.8 Å². The van der Waals surface area contributed by atoms with Gasteiger partial charge < -0.3 is 14.6 Å². The average Bonchev–Trinajstić information content (AvgIpc) is 3.14. The van der Waals surface area contributed by atoms with Crippen LogP contribution in [0.1, 0.15) is 58.2 Å². The van der Waals surface area contributed by atoms with Gasteiger partial charge in [-0.25, -0.2) is 4.79 Å². The molecule has 2 fully saturated rings. The number of hydrogen-bond donors (Lipinski definition) is 1. The largest absolute Gasteiger partial charge is 0.454 e. The van der Waals surface area contributed by atoms with Crippen LogP contribution in [0.4, 0.5) is 4.79 Å². The maximum atomic E-state index is 12.8. The van der Waals surface area contributed by atoms with Crippen molar-refractivity contribution in [1.82, 2.24) is 20.4 Å². The van der Waals surface area contributed by atoms with Crippen molar-refractivity contribution in [2.24, 2.45) is 11.8 Å². The van der Waals surface area contributed by atoms with Crippen LogP contribution in [0.25, 0.3) is 0 Å². The number of imide groups is 1. The molecule has 0 bridgehead atoms. The lowest BCUT2D eigenvalue weighted by Crippen LogP contribution is -2.54. The normalized spacial score (nSPS) is 25.3. The Kier molecular flexibility index (Phi) is 5.48. The molecule has 0 aromatic carbocycles. The molecule has 9 nitrogen and oxygen atoms in total. The van der Waals surface area contributed by atoms with Crippen molar-refractivity contribution < 1.29 is 23.6 Å². The first-order valence-electron chi connectivity index (χ1n) is 9.43. The van der Waals surface area contributed by atoms with Crippen LogP contribution in [0.2, 0.25) is 0 Å². The second-order valence-corrected chi connectivity index (χ2v) is 7.80. The van der Waals surface area contributed by atoms with Crippen molar-refractivity contribution in [2.75, 3.05) is 6.54 Å². The molecular weight excluding hydrogens is 352 g/mol. The standard InChI is InChI=1S/C18H26N4O5/c1-11(2)8-13-19-14(27-21-13)10-26-15(23)9-22-16(24)18(20-17(22)25)7-5-4-6-12(18)3/h11-12H,4-10H2,1-3H3,(H,20,25). The van der Waals surface area contributed by atoms with E-state index >= 15 is 0 Å². The molecule has 1 aromatic rings. The minimum atomic E-state index is -0.881. The molecule has 1 saturated carbocycles. The highest BCUT2D eigenvalue weighted by molar-refractivity contribution is 6.08. The highest BCUT2D eigenvalue weighted by atomic mass is 16.6. The Labute approximate surface area is 157 Å². The zero-order valence-electron chi connectivity index (χ0n) is 16.0. The molecule has 0 radical (unpaired) electrons. The number of esters is 1. The third-order valence-corrected chi connectivity index (χ3v) is 5.25. The first-order chi connectivity index (χ1) is 12.8. The van der Waals surface area contributed by atoms with Gasteiger partial charge in [0.1, 0.15) is 12.1 Å². The van der Waals surface area contributed by atoms with E-state index in [9.17, 15) is 14.4 Å². The van der Waals surface area contributed by atoms with Crippen LogP contribution in [-0.2, 0) is 27.4 Å². The zero-order valence-corrected chi connectivity index (χ0v) is 16.0. The quantitative estimate of drug-likeness (QED) is 0.593. The average molecular weight is 378 g/mol. The molecule has 2 atom stereocenters. The Morgan fingerprint density at radius 2 is 2.19 bits per heavy atom. The lowest BCUT2D eigenvalue weighted by molar-refractivity contribution is -0.150. The second-order valence-electron chi connectivity index (χ2n) is 7.80. The molecule has 2 heterocycles. The summed E-state index contributed by atoms with van der Waals surface area (Å²) in [4.78, 5) is 42.3. The second kappa shape index (κ2) is 7.66. The van der Waals surface area contributed by atoms with Crippen molar-refractivity contribution in [2.45, 2.75) is 65.0 Å². The number of hydrogen-bond acceptors (Lipinski definition) is 7. The minimum absolute atomic E-state index is 0.0430. The lowest BCUT2D eigenvalue weighted by atomic mass is 9.73. The summed E-state index contributed by atoms with van der Waals surface area (Å²) in [7, 11) is 0. The summed E-state index contributed by atoms with van der Waals surface area (Å²) in [5.74, 6) is 0.136. The zero-order chi connectivity index (χ0) is 19.6. The summed E-state index contributed by atoms with van der Waals surface area (Å²) in [5, 5.41) is 6.63. The molecule has 1 aliphatic heterocycles. The monoisotopic (exact) mass is 378 g/mol. The Morgan fingerprint density at radius 3 is 2.89 bits per heavy atom. The van der Waals surface area contributed by atoms with E-state index in [-0.39, 0.29) is 24.3 Å². The number of carbonyl (C=O) groups is 3. The first kappa shape index (κ1) is 19.3. The van der Waals surface area contributed by atoms with Gasteiger partial charge >= 0.3 is 12.0 Å². The molecule has 1 spiro atoms. The van der Waals surface area contributed by atoms with Crippen LogP contribution in [0.3, 0.4) is 0 Å². The molecule has 27 heavy (non-hydrogen) atoms. The Balaban J connectivity index is 1.55. The van der Waals surface area contributed by atoms with E-state index in [2.05, 4.69) is 15.5 Å². The maximum Gasteiger partial charge on any atom is 0.326 e. The van der Waals surface area contributed by atoms with E-state index in [0.29, 0.717) is 24.6 Å². The van der Waals surface area contributed by atoms with Gasteiger partial charge in [-0.2, -0.15) is 4.98 Å². The van der Waals surface area contributed by atoms with Gasteiger partial charge in [0.2, 0.25) is 0 Å². The van der Waals surface area contributed by atoms with Gasteiger partial charge in [0.25, 0.3) is 11.8 Å². The van der Waals surface area contributed by atoms with Crippen LogP contribution in [0.15, 0.2) is 4.52 Å². The molecule has 2 aliphatic rings. The lowest BCUT2D eigenvalue weighted by Gasteiger charge is -2.36. The third kappa shape index (κ3) is 3.96. The highest BCUT2D eigenvalue weighted by Crippen LogP contribution is 2.38. The number of carbonyl (C=O) groups excluding carboxylic acids is 3. The molecule has 2 unspecified atom stereocenters.